The van der Waals surface area contributed by atoms with Gasteiger partial charge in [-0.2, -0.15) is 0 Å². The molecule has 2 rings (SSSR count). The summed E-state index contributed by atoms with van der Waals surface area (Å²) in [6.45, 7) is 9.66. The van der Waals surface area contributed by atoms with Crippen LogP contribution in [0.4, 0.5) is 5.69 Å². The Bertz CT molecular complexity index is 413. The molecule has 0 saturated heterocycles. The van der Waals surface area contributed by atoms with Crippen molar-refractivity contribution in [1.82, 2.24) is 5.32 Å². The second-order valence-electron chi connectivity index (χ2n) is 5.81. The van der Waals surface area contributed by atoms with Crippen LogP contribution >= 0.6 is 11.6 Å². The molecule has 1 N–H and O–H groups in total. The molecule has 1 fully saturated rings. The van der Waals surface area contributed by atoms with Gasteiger partial charge in [-0.05, 0) is 36.9 Å². The van der Waals surface area contributed by atoms with Gasteiger partial charge in [0.25, 0.3) is 0 Å². The molecule has 1 aromatic rings. The van der Waals surface area contributed by atoms with Crippen molar-refractivity contribution in [3.05, 3.63) is 28.8 Å². The van der Waals surface area contributed by atoms with Crippen molar-refractivity contribution < 1.29 is 0 Å². The molecule has 0 atom stereocenters. The van der Waals surface area contributed by atoms with Gasteiger partial charge in [-0.25, -0.2) is 0 Å². The van der Waals surface area contributed by atoms with E-state index < -0.39 is 0 Å². The molecule has 0 radical (unpaired) electrons. The van der Waals surface area contributed by atoms with E-state index in [1.807, 2.05) is 6.07 Å². The minimum atomic E-state index is 0.656. The van der Waals surface area contributed by atoms with Crippen LogP contribution < -0.4 is 10.2 Å². The molecular formula is C16H25ClN2. The number of benzene rings is 1. The van der Waals surface area contributed by atoms with Crippen LogP contribution in [-0.4, -0.2) is 19.1 Å². The fraction of sp³-hybridized carbons (Fsp3) is 0.625. The molecule has 3 heteroatoms. The van der Waals surface area contributed by atoms with Gasteiger partial charge in [0, 0.05) is 19.1 Å². The number of rotatable bonds is 7. The highest BCUT2D eigenvalue weighted by Gasteiger charge is 2.31. The zero-order valence-corrected chi connectivity index (χ0v) is 13.0. The molecule has 19 heavy (non-hydrogen) atoms. The average molecular weight is 281 g/mol. The molecule has 0 amide bonds. The van der Waals surface area contributed by atoms with E-state index in [9.17, 15) is 0 Å². The Balaban J connectivity index is 2.28. The summed E-state index contributed by atoms with van der Waals surface area (Å²) < 4.78 is 0. The van der Waals surface area contributed by atoms with Gasteiger partial charge < -0.3 is 10.2 Å². The maximum atomic E-state index is 6.49. The molecule has 1 aliphatic carbocycles. The second-order valence-corrected chi connectivity index (χ2v) is 6.21. The van der Waals surface area contributed by atoms with E-state index in [2.05, 4.69) is 43.1 Å². The van der Waals surface area contributed by atoms with Gasteiger partial charge in [-0.1, -0.05) is 44.5 Å². The molecule has 1 aliphatic rings. The highest BCUT2D eigenvalue weighted by atomic mass is 35.5. The van der Waals surface area contributed by atoms with Crippen LogP contribution in [0, 0.1) is 5.92 Å². The summed E-state index contributed by atoms with van der Waals surface area (Å²) in [4.78, 5) is 2.53. The van der Waals surface area contributed by atoms with Crippen molar-refractivity contribution in [1.29, 1.82) is 0 Å². The second kappa shape index (κ2) is 6.62. The Hall–Kier alpha value is -0.730. The van der Waals surface area contributed by atoms with Crippen LogP contribution in [0.3, 0.4) is 0 Å². The van der Waals surface area contributed by atoms with Gasteiger partial charge in [0.15, 0.2) is 0 Å². The van der Waals surface area contributed by atoms with Crippen molar-refractivity contribution in [2.75, 3.05) is 18.0 Å². The van der Waals surface area contributed by atoms with Crippen molar-refractivity contribution in [3.63, 3.8) is 0 Å². The lowest BCUT2D eigenvalue weighted by atomic mass is 10.1. The van der Waals surface area contributed by atoms with E-state index in [1.165, 1.54) is 24.1 Å². The summed E-state index contributed by atoms with van der Waals surface area (Å²) in [6, 6.07) is 6.96. The van der Waals surface area contributed by atoms with Crippen LogP contribution in [-0.2, 0) is 6.54 Å². The molecule has 0 aliphatic heterocycles. The summed E-state index contributed by atoms with van der Waals surface area (Å²) >= 11 is 6.49. The van der Waals surface area contributed by atoms with Crippen LogP contribution in [0.2, 0.25) is 5.02 Å². The van der Waals surface area contributed by atoms with Gasteiger partial charge in [0.2, 0.25) is 0 Å². The molecule has 2 nitrogen and oxygen atoms in total. The Kier molecular flexibility index (Phi) is 5.12. The molecule has 1 aromatic carbocycles. The number of halogens is 1. The first-order chi connectivity index (χ1) is 9.13. The van der Waals surface area contributed by atoms with E-state index >= 15 is 0 Å². The number of nitrogens with zero attached hydrogens (tertiary/aromatic N) is 1. The van der Waals surface area contributed by atoms with Crippen molar-refractivity contribution in [2.45, 2.75) is 46.2 Å². The zero-order chi connectivity index (χ0) is 13.8. The molecule has 1 saturated carbocycles. The maximum absolute atomic E-state index is 6.49. The molecule has 106 valence electrons. The minimum absolute atomic E-state index is 0.656. The normalized spacial score (nSPS) is 15.0. The topological polar surface area (TPSA) is 15.3 Å². The predicted molar refractivity (Wildman–Crippen MR) is 84.0 cm³/mol. The zero-order valence-electron chi connectivity index (χ0n) is 12.2. The van der Waals surface area contributed by atoms with E-state index in [1.54, 1.807) is 0 Å². The molecule has 0 heterocycles. The first kappa shape index (κ1) is 14.7. The lowest BCUT2D eigenvalue weighted by Gasteiger charge is -2.30. The molecule has 0 aromatic heterocycles. The Morgan fingerprint density at radius 2 is 2.11 bits per heavy atom. The molecular weight excluding hydrogens is 256 g/mol. The highest BCUT2D eigenvalue weighted by molar-refractivity contribution is 6.33. The highest BCUT2D eigenvalue weighted by Crippen LogP contribution is 2.38. The summed E-state index contributed by atoms with van der Waals surface area (Å²) in [6.07, 6.45) is 2.61. The SMILES string of the molecule is CCNCc1cccc(Cl)c1N(CC(C)C)C1CC1. The van der Waals surface area contributed by atoms with Gasteiger partial charge in [-0.3, -0.25) is 0 Å². The number of anilines is 1. The first-order valence-corrected chi connectivity index (χ1v) is 7.76. The largest absolute Gasteiger partial charge is 0.367 e. The maximum Gasteiger partial charge on any atom is 0.0643 e. The van der Waals surface area contributed by atoms with Crippen molar-refractivity contribution >= 4 is 17.3 Å². The van der Waals surface area contributed by atoms with Crippen LogP contribution in [0.1, 0.15) is 39.2 Å². The van der Waals surface area contributed by atoms with Gasteiger partial charge in [0.05, 0.1) is 10.7 Å². The van der Waals surface area contributed by atoms with Gasteiger partial charge in [0.1, 0.15) is 0 Å². The number of hydrogen-bond acceptors (Lipinski definition) is 2. The van der Waals surface area contributed by atoms with Crippen molar-refractivity contribution in [3.8, 4) is 0 Å². The number of para-hydroxylation sites is 1. The lowest BCUT2D eigenvalue weighted by molar-refractivity contribution is 0.603. The fourth-order valence-corrected chi connectivity index (χ4v) is 2.79. The summed E-state index contributed by atoms with van der Waals surface area (Å²) in [5.41, 5.74) is 2.57. The third kappa shape index (κ3) is 3.87. The van der Waals surface area contributed by atoms with Crippen LogP contribution in [0.15, 0.2) is 18.2 Å². The smallest absolute Gasteiger partial charge is 0.0643 e. The molecule has 0 unspecified atom stereocenters. The van der Waals surface area contributed by atoms with Crippen LogP contribution in [0.25, 0.3) is 0 Å². The van der Waals surface area contributed by atoms with E-state index in [0.29, 0.717) is 12.0 Å². The minimum Gasteiger partial charge on any atom is -0.367 e. The quantitative estimate of drug-likeness (QED) is 0.810. The Labute approximate surface area is 122 Å². The standard InChI is InChI=1S/C16H25ClN2/c1-4-18-10-13-6-5-7-15(17)16(13)19(11-12(2)3)14-8-9-14/h5-7,12,14,18H,4,8-11H2,1-3H3. The predicted octanol–water partition coefficient (Wildman–Crippen LogP) is 4.07. The monoisotopic (exact) mass is 280 g/mol. The fourth-order valence-electron chi connectivity index (χ4n) is 2.49. The Morgan fingerprint density at radius 3 is 2.68 bits per heavy atom. The molecule has 0 spiro atoms. The van der Waals surface area contributed by atoms with E-state index in [4.69, 9.17) is 11.6 Å². The first-order valence-electron chi connectivity index (χ1n) is 7.38. The summed E-state index contributed by atoms with van der Waals surface area (Å²) in [7, 11) is 0. The summed E-state index contributed by atoms with van der Waals surface area (Å²) in [5.74, 6) is 0.656. The van der Waals surface area contributed by atoms with E-state index in [-0.39, 0.29) is 0 Å². The van der Waals surface area contributed by atoms with Crippen LogP contribution in [0.5, 0.6) is 0 Å². The molecule has 0 bridgehead atoms. The number of nitrogens with one attached hydrogen (secondary N) is 1. The average Bonchev–Trinajstić information content (AvgIpc) is 3.18. The third-order valence-corrected chi connectivity index (χ3v) is 3.78. The van der Waals surface area contributed by atoms with E-state index in [0.717, 1.165) is 24.7 Å². The summed E-state index contributed by atoms with van der Waals surface area (Å²) in [5, 5.41) is 4.31. The lowest BCUT2D eigenvalue weighted by Crippen LogP contribution is -2.31. The van der Waals surface area contributed by atoms with Crippen molar-refractivity contribution in [2.24, 2.45) is 5.92 Å². The number of hydrogen-bond donors (Lipinski definition) is 1. The Morgan fingerprint density at radius 1 is 1.37 bits per heavy atom. The third-order valence-electron chi connectivity index (χ3n) is 3.47. The van der Waals surface area contributed by atoms with Gasteiger partial charge >= 0.3 is 0 Å². The van der Waals surface area contributed by atoms with Gasteiger partial charge in [-0.15, -0.1) is 0 Å².